The van der Waals surface area contributed by atoms with Crippen LogP contribution in [0.1, 0.15) is 28.8 Å². The van der Waals surface area contributed by atoms with Gasteiger partial charge in [-0.15, -0.1) is 0 Å². The molecule has 1 unspecified atom stereocenters. The first kappa shape index (κ1) is 23.6. The molecule has 2 aromatic heterocycles. The molecule has 0 radical (unpaired) electrons. The molecule has 0 aliphatic carbocycles. The Morgan fingerprint density at radius 2 is 1.88 bits per heavy atom. The monoisotopic (exact) mass is 485 g/mol. The van der Waals surface area contributed by atoms with Crippen molar-refractivity contribution < 1.29 is 22.9 Å². The van der Waals surface area contributed by atoms with Crippen LogP contribution in [0.2, 0.25) is 0 Å². The van der Waals surface area contributed by atoms with E-state index in [0.717, 1.165) is 0 Å². The standard InChI is InChI=1S/C23H24FN5O4S/c1-14-21(27-13-28-22(14)33-19-5-4-17(34(2)31)11-18(19)24)32-16-7-9-29(10-8-16)23(30)15-3-6-20(25)26-12-15/h3-6,11-13,16H,7-10H2,1-2H3,(H2,25,26). The fraction of sp³-hybridized carbons (Fsp3) is 0.304. The summed E-state index contributed by atoms with van der Waals surface area (Å²) in [5.41, 5.74) is 6.60. The highest BCUT2D eigenvalue weighted by Gasteiger charge is 2.26. The van der Waals surface area contributed by atoms with Crippen LogP contribution in [-0.2, 0) is 10.8 Å². The average Bonchev–Trinajstić information content (AvgIpc) is 2.83. The van der Waals surface area contributed by atoms with Gasteiger partial charge in [0.05, 0.1) is 11.1 Å². The molecular formula is C23H24FN5O4S. The molecule has 1 aliphatic rings. The molecule has 1 aromatic carbocycles. The third kappa shape index (κ3) is 5.30. The van der Waals surface area contributed by atoms with Crippen molar-refractivity contribution in [1.29, 1.82) is 0 Å². The van der Waals surface area contributed by atoms with Crippen molar-refractivity contribution >= 4 is 22.5 Å². The quantitative estimate of drug-likeness (QED) is 0.565. The van der Waals surface area contributed by atoms with Crippen LogP contribution in [0.3, 0.4) is 0 Å². The van der Waals surface area contributed by atoms with E-state index < -0.39 is 16.6 Å². The van der Waals surface area contributed by atoms with Crippen LogP contribution in [0.25, 0.3) is 0 Å². The minimum absolute atomic E-state index is 0.0362. The maximum Gasteiger partial charge on any atom is 0.255 e. The summed E-state index contributed by atoms with van der Waals surface area (Å²) < 4.78 is 37.6. The van der Waals surface area contributed by atoms with Crippen molar-refractivity contribution in [2.45, 2.75) is 30.8 Å². The SMILES string of the molecule is Cc1c(Oc2ccc(S(C)=O)cc2F)ncnc1OC1CCN(C(=O)c2ccc(N)nc2)CC1. The largest absolute Gasteiger partial charge is 0.474 e. The average molecular weight is 486 g/mol. The smallest absolute Gasteiger partial charge is 0.255 e. The highest BCUT2D eigenvalue weighted by Crippen LogP contribution is 2.31. The highest BCUT2D eigenvalue weighted by atomic mass is 32.2. The first-order valence-electron chi connectivity index (χ1n) is 10.6. The fourth-order valence-electron chi connectivity index (χ4n) is 3.54. The van der Waals surface area contributed by atoms with E-state index >= 15 is 0 Å². The van der Waals surface area contributed by atoms with Gasteiger partial charge in [-0.05, 0) is 37.3 Å². The second kappa shape index (κ2) is 10.1. The number of piperidine rings is 1. The van der Waals surface area contributed by atoms with Crippen LogP contribution < -0.4 is 15.2 Å². The third-order valence-electron chi connectivity index (χ3n) is 5.47. The van der Waals surface area contributed by atoms with Gasteiger partial charge in [0.15, 0.2) is 11.6 Å². The van der Waals surface area contributed by atoms with Gasteiger partial charge in [0.2, 0.25) is 11.8 Å². The van der Waals surface area contributed by atoms with Gasteiger partial charge >= 0.3 is 0 Å². The normalized spacial score (nSPS) is 15.1. The van der Waals surface area contributed by atoms with Crippen molar-refractivity contribution in [3.8, 4) is 17.5 Å². The van der Waals surface area contributed by atoms with Crippen molar-refractivity contribution in [2.24, 2.45) is 0 Å². The van der Waals surface area contributed by atoms with Gasteiger partial charge in [-0.3, -0.25) is 9.00 Å². The van der Waals surface area contributed by atoms with E-state index in [2.05, 4.69) is 15.0 Å². The Labute approximate surface area is 198 Å². The maximum atomic E-state index is 14.4. The molecule has 0 bridgehead atoms. The van der Waals surface area contributed by atoms with E-state index in [4.69, 9.17) is 15.2 Å². The molecular weight excluding hydrogens is 461 g/mol. The Kier molecular flexibility index (Phi) is 7.01. The number of nitrogens with two attached hydrogens (primary N) is 1. The van der Waals surface area contributed by atoms with Crippen LogP contribution in [-0.4, -0.2) is 55.4 Å². The number of rotatable bonds is 6. The number of carbonyl (C=O) groups is 1. The maximum absolute atomic E-state index is 14.4. The molecule has 34 heavy (non-hydrogen) atoms. The van der Waals surface area contributed by atoms with Gasteiger partial charge in [0.1, 0.15) is 18.2 Å². The van der Waals surface area contributed by atoms with Gasteiger partial charge in [-0.25, -0.2) is 19.3 Å². The second-order valence-electron chi connectivity index (χ2n) is 7.84. The minimum Gasteiger partial charge on any atom is -0.474 e. The zero-order chi connectivity index (χ0) is 24.2. The van der Waals surface area contributed by atoms with E-state index in [9.17, 15) is 13.4 Å². The summed E-state index contributed by atoms with van der Waals surface area (Å²) in [6.45, 7) is 2.78. The number of amides is 1. The molecule has 0 spiro atoms. The van der Waals surface area contributed by atoms with Gasteiger partial charge < -0.3 is 20.1 Å². The number of ether oxygens (including phenoxy) is 2. The molecule has 3 heterocycles. The van der Waals surface area contributed by atoms with Crippen molar-refractivity contribution in [1.82, 2.24) is 19.9 Å². The molecule has 9 nitrogen and oxygen atoms in total. The third-order valence-corrected chi connectivity index (χ3v) is 6.39. The van der Waals surface area contributed by atoms with Crippen LogP contribution in [0.5, 0.6) is 17.5 Å². The lowest BCUT2D eigenvalue weighted by Gasteiger charge is -2.32. The molecule has 4 rings (SSSR count). The zero-order valence-corrected chi connectivity index (χ0v) is 19.5. The van der Waals surface area contributed by atoms with E-state index in [0.29, 0.717) is 53.7 Å². The lowest BCUT2D eigenvalue weighted by molar-refractivity contribution is 0.0585. The zero-order valence-electron chi connectivity index (χ0n) is 18.7. The Balaban J connectivity index is 1.39. The predicted octanol–water partition coefficient (Wildman–Crippen LogP) is 3.11. The Morgan fingerprint density at radius 3 is 2.53 bits per heavy atom. The van der Waals surface area contributed by atoms with Crippen molar-refractivity contribution in [2.75, 3.05) is 25.1 Å². The highest BCUT2D eigenvalue weighted by molar-refractivity contribution is 7.84. The van der Waals surface area contributed by atoms with Crippen molar-refractivity contribution in [3.63, 3.8) is 0 Å². The van der Waals surface area contributed by atoms with Crippen LogP contribution in [0.15, 0.2) is 47.8 Å². The topological polar surface area (TPSA) is 121 Å². The number of benzene rings is 1. The molecule has 11 heteroatoms. The number of hydrogen-bond acceptors (Lipinski definition) is 8. The number of pyridine rings is 1. The minimum atomic E-state index is -1.30. The summed E-state index contributed by atoms with van der Waals surface area (Å²) in [7, 11) is -1.30. The first-order chi connectivity index (χ1) is 16.3. The second-order valence-corrected chi connectivity index (χ2v) is 9.22. The van der Waals surface area contributed by atoms with Gasteiger partial charge in [-0.2, -0.15) is 0 Å². The summed E-state index contributed by atoms with van der Waals surface area (Å²) in [5, 5.41) is 0. The van der Waals surface area contributed by atoms with E-state index in [1.54, 1.807) is 24.0 Å². The number of nitrogen functional groups attached to an aromatic ring is 1. The number of anilines is 1. The fourth-order valence-corrected chi connectivity index (χ4v) is 4.07. The summed E-state index contributed by atoms with van der Waals surface area (Å²) in [5.74, 6) is 0.0959. The summed E-state index contributed by atoms with van der Waals surface area (Å²) in [6, 6.07) is 7.40. The summed E-state index contributed by atoms with van der Waals surface area (Å²) in [6.07, 6.45) is 5.34. The number of nitrogens with zero attached hydrogens (tertiary/aromatic N) is 4. The molecule has 1 amide bonds. The predicted molar refractivity (Wildman–Crippen MR) is 124 cm³/mol. The van der Waals surface area contributed by atoms with Crippen molar-refractivity contribution in [3.05, 3.63) is 59.8 Å². The molecule has 2 N–H and O–H groups in total. The Bertz CT molecular complexity index is 1220. The number of halogens is 1. The molecule has 1 atom stereocenters. The van der Waals surface area contributed by atoms with Gasteiger partial charge in [0.25, 0.3) is 5.91 Å². The Morgan fingerprint density at radius 1 is 1.15 bits per heavy atom. The molecule has 3 aromatic rings. The summed E-state index contributed by atoms with van der Waals surface area (Å²) in [4.78, 5) is 27.0. The number of hydrogen-bond donors (Lipinski definition) is 1. The molecule has 1 fully saturated rings. The number of carbonyl (C=O) groups excluding carboxylic acids is 1. The van der Waals surface area contributed by atoms with Crippen LogP contribution in [0, 0.1) is 12.7 Å². The van der Waals surface area contributed by atoms with E-state index in [-0.39, 0.29) is 23.6 Å². The first-order valence-corrected chi connectivity index (χ1v) is 12.2. The lowest BCUT2D eigenvalue weighted by Crippen LogP contribution is -2.42. The number of likely N-dealkylation sites (tertiary alicyclic amines) is 1. The van der Waals surface area contributed by atoms with E-state index in [1.807, 2.05) is 0 Å². The molecule has 1 saturated heterocycles. The Hall–Kier alpha value is -3.60. The molecule has 1 aliphatic heterocycles. The van der Waals surface area contributed by atoms with Gasteiger partial charge in [-0.1, -0.05) is 0 Å². The summed E-state index contributed by atoms with van der Waals surface area (Å²) >= 11 is 0. The lowest BCUT2D eigenvalue weighted by atomic mass is 10.1. The molecule has 0 saturated carbocycles. The molecule has 178 valence electrons. The van der Waals surface area contributed by atoms with Crippen LogP contribution in [0.4, 0.5) is 10.2 Å². The van der Waals surface area contributed by atoms with Crippen LogP contribution >= 0.6 is 0 Å². The van der Waals surface area contributed by atoms with Gasteiger partial charge in [0, 0.05) is 54.1 Å². The van der Waals surface area contributed by atoms with E-state index in [1.165, 1.54) is 37.0 Å². The number of aromatic nitrogens is 3.